The first-order valence-corrected chi connectivity index (χ1v) is 4.47. The van der Waals surface area contributed by atoms with Crippen LogP contribution in [0.25, 0.3) is 0 Å². The lowest BCUT2D eigenvalue weighted by Gasteiger charge is -2.03. The highest BCUT2D eigenvalue weighted by Gasteiger charge is 2.31. The fraction of sp³-hybridized carbons (Fsp3) is 0.333. The molecule has 1 aliphatic carbocycles. The van der Waals surface area contributed by atoms with Crippen molar-refractivity contribution >= 4 is 17.6 Å². The fourth-order valence-electron chi connectivity index (χ4n) is 0.958. The van der Waals surface area contributed by atoms with Crippen LogP contribution in [0.1, 0.15) is 12.8 Å². The summed E-state index contributed by atoms with van der Waals surface area (Å²) in [6.07, 6.45) is 3.41. The van der Waals surface area contributed by atoms with Gasteiger partial charge in [0.2, 0.25) is 0 Å². The van der Waals surface area contributed by atoms with E-state index in [1.165, 1.54) is 0 Å². The van der Waals surface area contributed by atoms with Crippen LogP contribution in [0.4, 0.5) is 0 Å². The van der Waals surface area contributed by atoms with Crippen molar-refractivity contribution in [1.29, 1.82) is 0 Å². The van der Waals surface area contributed by atoms with Crippen molar-refractivity contribution in [3.8, 4) is 5.75 Å². The molecule has 68 valence electrons. The first-order valence-electron chi connectivity index (χ1n) is 4.09. The Labute approximate surface area is 80.7 Å². The Kier molecular flexibility index (Phi) is 2.19. The zero-order valence-electron chi connectivity index (χ0n) is 6.87. The smallest absolute Gasteiger partial charge is 0.314 e. The highest BCUT2D eigenvalue weighted by atomic mass is 35.5. The van der Waals surface area contributed by atoms with Gasteiger partial charge in [0.05, 0.1) is 5.92 Å². The van der Waals surface area contributed by atoms with Crippen LogP contribution in [0.3, 0.4) is 0 Å². The van der Waals surface area contributed by atoms with Gasteiger partial charge in [0.15, 0.2) is 10.9 Å². The molecule has 13 heavy (non-hydrogen) atoms. The zero-order valence-corrected chi connectivity index (χ0v) is 7.62. The van der Waals surface area contributed by atoms with E-state index < -0.39 is 0 Å². The molecule has 1 saturated carbocycles. The number of carbonyl (C=O) groups excluding carboxylic acids is 1. The number of halogens is 1. The van der Waals surface area contributed by atoms with Gasteiger partial charge in [0.25, 0.3) is 0 Å². The van der Waals surface area contributed by atoms with Gasteiger partial charge < -0.3 is 4.74 Å². The molecule has 1 fully saturated rings. The number of aromatic nitrogens is 1. The minimum Gasteiger partial charge on any atom is -0.423 e. The van der Waals surface area contributed by atoms with E-state index >= 15 is 0 Å². The predicted octanol–water partition coefficient (Wildman–Crippen LogP) is 2.05. The number of ether oxygens (including phenoxy) is 1. The summed E-state index contributed by atoms with van der Waals surface area (Å²) in [5.41, 5.74) is 0. The van der Waals surface area contributed by atoms with Crippen LogP contribution >= 0.6 is 11.6 Å². The molecular formula is C9H8ClNO2. The quantitative estimate of drug-likeness (QED) is 0.538. The molecule has 0 N–H and O–H groups in total. The summed E-state index contributed by atoms with van der Waals surface area (Å²) in [6, 6.07) is 3.32. The van der Waals surface area contributed by atoms with Crippen LogP contribution in [0, 0.1) is 5.92 Å². The van der Waals surface area contributed by atoms with E-state index in [-0.39, 0.29) is 17.0 Å². The number of esters is 1. The van der Waals surface area contributed by atoms with Gasteiger partial charge in [-0.3, -0.25) is 4.79 Å². The van der Waals surface area contributed by atoms with Gasteiger partial charge >= 0.3 is 5.97 Å². The Morgan fingerprint density at radius 3 is 3.00 bits per heavy atom. The average Bonchev–Trinajstić information content (AvgIpc) is 2.91. The summed E-state index contributed by atoms with van der Waals surface area (Å²) in [4.78, 5) is 15.0. The van der Waals surface area contributed by atoms with Gasteiger partial charge in [-0.05, 0) is 25.0 Å². The van der Waals surface area contributed by atoms with Gasteiger partial charge in [-0.25, -0.2) is 4.98 Å². The molecule has 1 heterocycles. The van der Waals surface area contributed by atoms with Gasteiger partial charge in [0.1, 0.15) is 0 Å². The summed E-state index contributed by atoms with van der Waals surface area (Å²) in [5.74, 6) is 0.229. The molecule has 3 nitrogen and oxygen atoms in total. The van der Waals surface area contributed by atoms with Gasteiger partial charge in [-0.15, -0.1) is 0 Å². The Hall–Kier alpha value is -1.09. The summed E-state index contributed by atoms with van der Waals surface area (Å²) in [7, 11) is 0. The normalized spacial score (nSPS) is 15.5. The van der Waals surface area contributed by atoms with E-state index in [1.54, 1.807) is 18.3 Å². The SMILES string of the molecule is O=C(Oc1cccnc1Cl)C1CC1. The van der Waals surface area contributed by atoms with Crippen LogP contribution < -0.4 is 4.74 Å². The highest BCUT2D eigenvalue weighted by molar-refractivity contribution is 6.30. The zero-order chi connectivity index (χ0) is 9.26. The third-order valence-corrected chi connectivity index (χ3v) is 2.13. The van der Waals surface area contributed by atoms with Gasteiger partial charge in [-0.2, -0.15) is 0 Å². The molecule has 0 spiro atoms. The molecule has 4 heteroatoms. The third kappa shape index (κ3) is 1.98. The first kappa shape index (κ1) is 8.51. The molecule has 1 aromatic rings. The molecule has 0 aliphatic heterocycles. The van der Waals surface area contributed by atoms with Crippen molar-refractivity contribution < 1.29 is 9.53 Å². The molecule has 1 aromatic heterocycles. The van der Waals surface area contributed by atoms with Gasteiger partial charge in [-0.1, -0.05) is 11.6 Å². The molecule has 1 aliphatic rings. The van der Waals surface area contributed by atoms with E-state index in [0.29, 0.717) is 5.75 Å². The molecule has 0 bridgehead atoms. The maximum Gasteiger partial charge on any atom is 0.314 e. The lowest BCUT2D eigenvalue weighted by Crippen LogP contribution is -2.10. The molecule has 0 saturated heterocycles. The number of nitrogens with zero attached hydrogens (tertiary/aromatic N) is 1. The largest absolute Gasteiger partial charge is 0.423 e. The maximum atomic E-state index is 11.2. The highest BCUT2D eigenvalue weighted by Crippen LogP contribution is 2.31. The lowest BCUT2D eigenvalue weighted by atomic mass is 10.4. The second-order valence-corrected chi connectivity index (χ2v) is 3.35. The van der Waals surface area contributed by atoms with Crippen LogP contribution in [0.5, 0.6) is 5.75 Å². The minimum atomic E-state index is -0.199. The minimum absolute atomic E-state index is 0.0799. The molecule has 0 aromatic carbocycles. The number of rotatable bonds is 2. The summed E-state index contributed by atoms with van der Waals surface area (Å²) in [6.45, 7) is 0. The second-order valence-electron chi connectivity index (χ2n) is 2.99. The maximum absolute atomic E-state index is 11.2. The molecule has 0 unspecified atom stereocenters. The van der Waals surface area contributed by atoms with Crippen molar-refractivity contribution in [2.24, 2.45) is 5.92 Å². The molecule has 2 rings (SSSR count). The monoisotopic (exact) mass is 197 g/mol. The lowest BCUT2D eigenvalue weighted by molar-refractivity contribution is -0.135. The molecule has 0 amide bonds. The summed E-state index contributed by atoms with van der Waals surface area (Å²) < 4.78 is 5.04. The number of carbonyl (C=O) groups is 1. The number of pyridine rings is 1. The molecular weight excluding hydrogens is 190 g/mol. The summed E-state index contributed by atoms with van der Waals surface area (Å²) in [5, 5.41) is 0.233. The van der Waals surface area contributed by atoms with E-state index in [0.717, 1.165) is 12.8 Å². The van der Waals surface area contributed by atoms with Crippen molar-refractivity contribution in [3.63, 3.8) is 0 Å². The van der Waals surface area contributed by atoms with Crippen molar-refractivity contribution in [3.05, 3.63) is 23.5 Å². The third-order valence-electron chi connectivity index (χ3n) is 1.85. The molecule has 0 radical (unpaired) electrons. The van der Waals surface area contributed by atoms with E-state index in [4.69, 9.17) is 16.3 Å². The average molecular weight is 198 g/mol. The van der Waals surface area contributed by atoms with Crippen molar-refractivity contribution in [1.82, 2.24) is 4.98 Å². The van der Waals surface area contributed by atoms with Crippen LogP contribution in [0.15, 0.2) is 18.3 Å². The first-order chi connectivity index (χ1) is 6.27. The Morgan fingerprint density at radius 1 is 1.62 bits per heavy atom. The Bertz CT molecular complexity index is 336. The summed E-state index contributed by atoms with van der Waals surface area (Å²) >= 11 is 5.71. The predicted molar refractivity (Wildman–Crippen MR) is 47.6 cm³/mol. The Morgan fingerprint density at radius 2 is 2.38 bits per heavy atom. The van der Waals surface area contributed by atoms with Crippen molar-refractivity contribution in [2.45, 2.75) is 12.8 Å². The van der Waals surface area contributed by atoms with Crippen molar-refractivity contribution in [2.75, 3.05) is 0 Å². The van der Waals surface area contributed by atoms with E-state index in [2.05, 4.69) is 4.98 Å². The van der Waals surface area contributed by atoms with E-state index in [9.17, 15) is 4.79 Å². The van der Waals surface area contributed by atoms with Crippen LogP contribution in [-0.2, 0) is 4.79 Å². The second kappa shape index (κ2) is 3.34. The van der Waals surface area contributed by atoms with Gasteiger partial charge in [0, 0.05) is 6.20 Å². The fourth-order valence-corrected chi connectivity index (χ4v) is 1.12. The van der Waals surface area contributed by atoms with Crippen LogP contribution in [-0.4, -0.2) is 11.0 Å². The topological polar surface area (TPSA) is 39.2 Å². The number of hydrogen-bond acceptors (Lipinski definition) is 3. The number of hydrogen-bond donors (Lipinski definition) is 0. The van der Waals surface area contributed by atoms with Crippen LogP contribution in [0.2, 0.25) is 5.15 Å². The Balaban J connectivity index is 2.08. The molecule has 0 atom stereocenters. The standard InChI is InChI=1S/C9H8ClNO2/c10-8-7(2-1-5-11-8)13-9(12)6-3-4-6/h1-2,5-6H,3-4H2. The van der Waals surface area contributed by atoms with E-state index in [1.807, 2.05) is 0 Å².